The topological polar surface area (TPSA) is 35.2 Å². The van der Waals surface area contributed by atoms with Crippen LogP contribution in [-0.4, -0.2) is 6.61 Å². The lowest BCUT2D eigenvalue weighted by atomic mass is 9.96. The molecule has 1 aromatic carbocycles. The molecular weight excluding hydrogens is 186 g/mol. The molecule has 0 bridgehead atoms. The highest BCUT2D eigenvalue weighted by Gasteiger charge is 2.15. The average Bonchev–Trinajstić information content (AvgIpc) is 2.62. The van der Waals surface area contributed by atoms with E-state index >= 15 is 0 Å². The molecule has 0 saturated carbocycles. The Morgan fingerprint density at radius 3 is 2.93 bits per heavy atom. The average molecular weight is 205 g/mol. The smallest absolute Gasteiger partial charge is 0.122 e. The molecule has 0 aromatic heterocycles. The third-order valence-electron chi connectivity index (χ3n) is 2.87. The van der Waals surface area contributed by atoms with Gasteiger partial charge in [-0.3, -0.25) is 0 Å². The van der Waals surface area contributed by atoms with Gasteiger partial charge in [-0.2, -0.15) is 0 Å². The Balaban J connectivity index is 2.15. The number of benzene rings is 1. The Kier molecular flexibility index (Phi) is 2.96. The maximum absolute atomic E-state index is 6.15. The van der Waals surface area contributed by atoms with Gasteiger partial charge in [0.25, 0.3) is 0 Å². The Morgan fingerprint density at radius 2 is 2.20 bits per heavy atom. The van der Waals surface area contributed by atoms with Crippen LogP contribution in [0.4, 0.5) is 0 Å². The van der Waals surface area contributed by atoms with Crippen molar-refractivity contribution in [2.75, 3.05) is 6.61 Å². The van der Waals surface area contributed by atoms with E-state index in [1.165, 1.54) is 11.1 Å². The highest BCUT2D eigenvalue weighted by atomic mass is 16.5. The fraction of sp³-hybridized carbons (Fsp3) is 0.538. The van der Waals surface area contributed by atoms with Crippen molar-refractivity contribution in [1.82, 2.24) is 0 Å². The van der Waals surface area contributed by atoms with Crippen LogP contribution < -0.4 is 10.5 Å². The normalized spacial score (nSPS) is 16.3. The largest absolute Gasteiger partial charge is 0.493 e. The van der Waals surface area contributed by atoms with Gasteiger partial charge in [-0.25, -0.2) is 0 Å². The summed E-state index contributed by atoms with van der Waals surface area (Å²) >= 11 is 0. The van der Waals surface area contributed by atoms with Crippen LogP contribution in [-0.2, 0) is 6.42 Å². The fourth-order valence-corrected chi connectivity index (χ4v) is 2.08. The molecule has 15 heavy (non-hydrogen) atoms. The predicted molar refractivity (Wildman–Crippen MR) is 62.0 cm³/mol. The van der Waals surface area contributed by atoms with Crippen LogP contribution in [0.1, 0.15) is 37.4 Å². The zero-order valence-corrected chi connectivity index (χ0v) is 9.49. The van der Waals surface area contributed by atoms with E-state index < -0.39 is 0 Å². The molecule has 0 fully saturated rings. The van der Waals surface area contributed by atoms with Crippen LogP contribution in [0.25, 0.3) is 0 Å². The Morgan fingerprint density at radius 1 is 1.40 bits per heavy atom. The standard InChI is InChI=1S/C13H19NO/c1-9(2)7-12(14)10-3-4-13-11(8-10)5-6-15-13/h3-4,8-9,12H,5-7,14H2,1-2H3/t12-/m0/s1. The molecule has 2 N–H and O–H groups in total. The molecule has 1 atom stereocenters. The third-order valence-corrected chi connectivity index (χ3v) is 2.87. The summed E-state index contributed by atoms with van der Waals surface area (Å²) in [5.41, 5.74) is 8.70. The molecule has 0 aliphatic carbocycles. The minimum atomic E-state index is 0.163. The SMILES string of the molecule is CC(C)C[C@H](N)c1ccc2c(c1)CCO2. The molecule has 0 unspecified atom stereocenters. The van der Waals surface area contributed by atoms with Crippen molar-refractivity contribution in [2.45, 2.75) is 32.7 Å². The van der Waals surface area contributed by atoms with E-state index in [0.717, 1.165) is 25.2 Å². The van der Waals surface area contributed by atoms with E-state index in [2.05, 4.69) is 32.0 Å². The van der Waals surface area contributed by atoms with Gasteiger partial charge in [0, 0.05) is 12.5 Å². The minimum Gasteiger partial charge on any atom is -0.493 e. The number of fused-ring (bicyclic) bond motifs is 1. The van der Waals surface area contributed by atoms with Crippen LogP contribution in [0.5, 0.6) is 5.75 Å². The first-order valence-corrected chi connectivity index (χ1v) is 5.68. The molecule has 2 heteroatoms. The summed E-state index contributed by atoms with van der Waals surface area (Å²) in [6.45, 7) is 5.23. The Bertz CT molecular complexity index is 346. The van der Waals surface area contributed by atoms with Crippen molar-refractivity contribution < 1.29 is 4.74 Å². The lowest BCUT2D eigenvalue weighted by Gasteiger charge is -2.15. The Labute approximate surface area is 91.4 Å². The zero-order chi connectivity index (χ0) is 10.8. The molecule has 2 rings (SSSR count). The molecule has 0 saturated heterocycles. The highest BCUT2D eigenvalue weighted by Crippen LogP contribution is 2.29. The van der Waals surface area contributed by atoms with Crippen molar-refractivity contribution in [3.8, 4) is 5.75 Å². The van der Waals surface area contributed by atoms with E-state index in [-0.39, 0.29) is 6.04 Å². The first-order valence-electron chi connectivity index (χ1n) is 5.68. The number of hydrogen-bond acceptors (Lipinski definition) is 2. The monoisotopic (exact) mass is 205 g/mol. The van der Waals surface area contributed by atoms with Crippen molar-refractivity contribution in [1.29, 1.82) is 0 Å². The van der Waals surface area contributed by atoms with E-state index in [0.29, 0.717) is 5.92 Å². The molecule has 1 heterocycles. The molecule has 1 aliphatic heterocycles. The quantitative estimate of drug-likeness (QED) is 0.823. The van der Waals surface area contributed by atoms with Crippen LogP contribution >= 0.6 is 0 Å². The summed E-state index contributed by atoms with van der Waals surface area (Å²) in [6.07, 6.45) is 2.07. The van der Waals surface area contributed by atoms with Gasteiger partial charge in [0.1, 0.15) is 5.75 Å². The summed E-state index contributed by atoms with van der Waals surface area (Å²) in [5, 5.41) is 0. The van der Waals surface area contributed by atoms with Crippen LogP contribution in [0.2, 0.25) is 0 Å². The third kappa shape index (κ3) is 2.32. The molecule has 82 valence electrons. The van der Waals surface area contributed by atoms with Crippen molar-refractivity contribution in [3.63, 3.8) is 0 Å². The summed E-state index contributed by atoms with van der Waals surface area (Å²) in [7, 11) is 0. The highest BCUT2D eigenvalue weighted by molar-refractivity contribution is 5.40. The van der Waals surface area contributed by atoms with E-state index in [9.17, 15) is 0 Å². The van der Waals surface area contributed by atoms with Gasteiger partial charge < -0.3 is 10.5 Å². The molecule has 1 aliphatic rings. The first kappa shape index (κ1) is 10.5. The van der Waals surface area contributed by atoms with Gasteiger partial charge in [0.05, 0.1) is 6.61 Å². The van der Waals surface area contributed by atoms with Gasteiger partial charge in [-0.1, -0.05) is 26.0 Å². The second-order valence-electron chi connectivity index (χ2n) is 4.70. The van der Waals surface area contributed by atoms with Crippen LogP contribution in [0.15, 0.2) is 18.2 Å². The lowest BCUT2D eigenvalue weighted by Crippen LogP contribution is -2.12. The lowest BCUT2D eigenvalue weighted by molar-refractivity contribution is 0.356. The van der Waals surface area contributed by atoms with Crippen LogP contribution in [0, 0.1) is 5.92 Å². The van der Waals surface area contributed by atoms with E-state index in [4.69, 9.17) is 10.5 Å². The molecule has 0 spiro atoms. The maximum atomic E-state index is 6.15. The number of rotatable bonds is 3. The minimum absolute atomic E-state index is 0.163. The molecule has 2 nitrogen and oxygen atoms in total. The number of ether oxygens (including phenoxy) is 1. The number of hydrogen-bond donors (Lipinski definition) is 1. The van der Waals surface area contributed by atoms with Gasteiger partial charge >= 0.3 is 0 Å². The van der Waals surface area contributed by atoms with Crippen molar-refractivity contribution in [3.05, 3.63) is 29.3 Å². The zero-order valence-electron chi connectivity index (χ0n) is 9.49. The summed E-state index contributed by atoms with van der Waals surface area (Å²) in [5.74, 6) is 1.68. The van der Waals surface area contributed by atoms with Gasteiger partial charge in [0.15, 0.2) is 0 Å². The summed E-state index contributed by atoms with van der Waals surface area (Å²) in [6, 6.07) is 6.51. The molecule has 0 amide bonds. The molecule has 0 radical (unpaired) electrons. The Hall–Kier alpha value is -1.02. The van der Waals surface area contributed by atoms with E-state index in [1.54, 1.807) is 0 Å². The first-order chi connectivity index (χ1) is 7.16. The van der Waals surface area contributed by atoms with Crippen molar-refractivity contribution >= 4 is 0 Å². The predicted octanol–water partition coefficient (Wildman–Crippen LogP) is 2.67. The maximum Gasteiger partial charge on any atom is 0.122 e. The molecule has 1 aromatic rings. The van der Waals surface area contributed by atoms with Gasteiger partial charge in [0.2, 0.25) is 0 Å². The van der Waals surface area contributed by atoms with E-state index in [1.807, 2.05) is 0 Å². The second-order valence-corrected chi connectivity index (χ2v) is 4.70. The van der Waals surface area contributed by atoms with Gasteiger partial charge in [-0.05, 0) is 29.5 Å². The summed E-state index contributed by atoms with van der Waals surface area (Å²) < 4.78 is 5.47. The molecular formula is C13H19NO. The van der Waals surface area contributed by atoms with Crippen LogP contribution in [0.3, 0.4) is 0 Å². The second kappa shape index (κ2) is 4.23. The fourth-order valence-electron chi connectivity index (χ4n) is 2.08. The van der Waals surface area contributed by atoms with Crippen molar-refractivity contribution in [2.24, 2.45) is 11.7 Å². The number of nitrogens with two attached hydrogens (primary N) is 1. The van der Waals surface area contributed by atoms with Gasteiger partial charge in [-0.15, -0.1) is 0 Å². The summed E-state index contributed by atoms with van der Waals surface area (Å²) in [4.78, 5) is 0.